The second-order valence-corrected chi connectivity index (χ2v) is 5.43. The molecule has 0 unspecified atom stereocenters. The lowest BCUT2D eigenvalue weighted by Gasteiger charge is -2.17. The van der Waals surface area contributed by atoms with Crippen LogP contribution < -0.4 is 10.6 Å². The molecule has 2 heterocycles. The maximum absolute atomic E-state index is 11.4. The van der Waals surface area contributed by atoms with E-state index in [4.69, 9.17) is 4.42 Å². The van der Waals surface area contributed by atoms with Crippen LogP contribution in [-0.2, 0) is 11.3 Å². The van der Waals surface area contributed by atoms with Gasteiger partial charge < -0.3 is 15.1 Å². The highest BCUT2D eigenvalue weighted by Gasteiger charge is 2.15. The van der Waals surface area contributed by atoms with Gasteiger partial charge in [0.05, 0.1) is 18.0 Å². The molecule has 1 aliphatic heterocycles. The normalized spacial score (nSPS) is 13.8. The first-order valence-electron chi connectivity index (χ1n) is 6.06. The lowest BCUT2D eigenvalue weighted by molar-refractivity contribution is -0.113. The van der Waals surface area contributed by atoms with Crippen molar-refractivity contribution in [3.8, 4) is 0 Å². The Morgan fingerprint density at radius 2 is 2.26 bits per heavy atom. The van der Waals surface area contributed by atoms with Gasteiger partial charge in [-0.05, 0) is 37.3 Å². The molecule has 1 aromatic heterocycles. The SMILES string of the molecule is Cc1ccc(CNc2ccc3c(c2)NC(=O)CS3)o1. The predicted molar refractivity (Wildman–Crippen MR) is 76.6 cm³/mol. The van der Waals surface area contributed by atoms with Crippen molar-refractivity contribution in [1.82, 2.24) is 0 Å². The van der Waals surface area contributed by atoms with E-state index in [1.807, 2.05) is 37.3 Å². The third kappa shape index (κ3) is 2.76. The molecule has 0 fully saturated rings. The largest absolute Gasteiger partial charge is 0.465 e. The van der Waals surface area contributed by atoms with E-state index in [0.29, 0.717) is 12.3 Å². The molecule has 0 aliphatic carbocycles. The molecule has 1 amide bonds. The number of benzene rings is 1. The standard InChI is InChI=1S/C14H14N2O2S/c1-9-2-4-11(18-9)7-15-10-3-5-13-12(6-10)16-14(17)8-19-13/h2-6,15H,7-8H2,1H3,(H,16,17). The van der Waals surface area contributed by atoms with Crippen molar-refractivity contribution in [1.29, 1.82) is 0 Å². The third-order valence-electron chi connectivity index (χ3n) is 2.88. The molecule has 98 valence electrons. The number of rotatable bonds is 3. The van der Waals surface area contributed by atoms with Crippen molar-refractivity contribution >= 4 is 29.0 Å². The van der Waals surface area contributed by atoms with E-state index in [1.165, 1.54) is 0 Å². The highest BCUT2D eigenvalue weighted by atomic mass is 32.2. The van der Waals surface area contributed by atoms with Crippen LogP contribution >= 0.6 is 11.8 Å². The lowest BCUT2D eigenvalue weighted by atomic mass is 10.2. The smallest absolute Gasteiger partial charge is 0.234 e. The zero-order chi connectivity index (χ0) is 13.2. The molecular formula is C14H14N2O2S. The molecule has 3 rings (SSSR count). The number of fused-ring (bicyclic) bond motifs is 1. The maximum atomic E-state index is 11.4. The molecule has 19 heavy (non-hydrogen) atoms. The average molecular weight is 274 g/mol. The first-order valence-corrected chi connectivity index (χ1v) is 7.05. The number of anilines is 2. The number of carbonyl (C=O) groups excluding carboxylic acids is 1. The summed E-state index contributed by atoms with van der Waals surface area (Å²) in [5.74, 6) is 2.35. The highest BCUT2D eigenvalue weighted by molar-refractivity contribution is 8.00. The summed E-state index contributed by atoms with van der Waals surface area (Å²) in [4.78, 5) is 12.5. The van der Waals surface area contributed by atoms with Crippen molar-refractivity contribution in [2.75, 3.05) is 16.4 Å². The molecule has 2 aromatic rings. The zero-order valence-corrected chi connectivity index (χ0v) is 11.3. The van der Waals surface area contributed by atoms with E-state index in [-0.39, 0.29) is 5.91 Å². The van der Waals surface area contributed by atoms with Gasteiger partial charge in [0.2, 0.25) is 5.91 Å². The van der Waals surface area contributed by atoms with Gasteiger partial charge in [-0.15, -0.1) is 11.8 Å². The van der Waals surface area contributed by atoms with Gasteiger partial charge >= 0.3 is 0 Å². The summed E-state index contributed by atoms with van der Waals surface area (Å²) < 4.78 is 5.50. The van der Waals surface area contributed by atoms with E-state index in [0.717, 1.165) is 27.8 Å². The Morgan fingerprint density at radius 1 is 1.37 bits per heavy atom. The first-order chi connectivity index (χ1) is 9.20. The van der Waals surface area contributed by atoms with Gasteiger partial charge in [0, 0.05) is 10.6 Å². The minimum Gasteiger partial charge on any atom is -0.465 e. The van der Waals surface area contributed by atoms with Crippen LogP contribution in [0.4, 0.5) is 11.4 Å². The molecule has 0 saturated carbocycles. The minimum atomic E-state index is 0.0521. The Balaban J connectivity index is 1.71. The molecule has 2 N–H and O–H groups in total. The van der Waals surface area contributed by atoms with Crippen LogP contribution in [0, 0.1) is 6.92 Å². The molecule has 0 radical (unpaired) electrons. The van der Waals surface area contributed by atoms with Gasteiger partial charge in [0.25, 0.3) is 0 Å². The van der Waals surface area contributed by atoms with Crippen LogP contribution in [0.1, 0.15) is 11.5 Å². The second kappa shape index (κ2) is 5.01. The predicted octanol–water partition coefficient (Wildman–Crippen LogP) is 3.24. The number of amides is 1. The van der Waals surface area contributed by atoms with Crippen molar-refractivity contribution in [2.24, 2.45) is 0 Å². The van der Waals surface area contributed by atoms with Gasteiger partial charge in [-0.3, -0.25) is 4.79 Å². The van der Waals surface area contributed by atoms with Gasteiger partial charge in [-0.25, -0.2) is 0 Å². The second-order valence-electron chi connectivity index (χ2n) is 4.41. The van der Waals surface area contributed by atoms with E-state index in [1.54, 1.807) is 11.8 Å². The third-order valence-corrected chi connectivity index (χ3v) is 3.95. The summed E-state index contributed by atoms with van der Waals surface area (Å²) in [6.45, 7) is 2.56. The fraction of sp³-hybridized carbons (Fsp3) is 0.214. The van der Waals surface area contributed by atoms with E-state index in [9.17, 15) is 4.79 Å². The van der Waals surface area contributed by atoms with E-state index in [2.05, 4.69) is 10.6 Å². The average Bonchev–Trinajstić information content (AvgIpc) is 2.81. The number of nitrogens with one attached hydrogen (secondary N) is 2. The zero-order valence-electron chi connectivity index (χ0n) is 10.5. The van der Waals surface area contributed by atoms with Crippen LogP contribution in [0.25, 0.3) is 0 Å². The summed E-state index contributed by atoms with van der Waals surface area (Å²) in [6, 6.07) is 9.89. The molecule has 1 aromatic carbocycles. The molecule has 4 nitrogen and oxygen atoms in total. The Bertz CT molecular complexity index is 622. The molecule has 0 atom stereocenters. The monoisotopic (exact) mass is 274 g/mol. The summed E-state index contributed by atoms with van der Waals surface area (Å²) in [5.41, 5.74) is 1.84. The maximum Gasteiger partial charge on any atom is 0.234 e. The Labute approximate surface area is 115 Å². The van der Waals surface area contributed by atoms with Crippen molar-refractivity contribution in [2.45, 2.75) is 18.4 Å². The van der Waals surface area contributed by atoms with Gasteiger partial charge in [-0.1, -0.05) is 0 Å². The summed E-state index contributed by atoms with van der Waals surface area (Å²) in [7, 11) is 0. The van der Waals surface area contributed by atoms with Crippen molar-refractivity contribution < 1.29 is 9.21 Å². The van der Waals surface area contributed by atoms with Crippen LogP contribution in [0.3, 0.4) is 0 Å². The Kier molecular flexibility index (Phi) is 3.21. The number of hydrogen-bond acceptors (Lipinski definition) is 4. The Morgan fingerprint density at radius 3 is 3.05 bits per heavy atom. The molecule has 0 saturated heterocycles. The van der Waals surface area contributed by atoms with Crippen LogP contribution in [0.5, 0.6) is 0 Å². The van der Waals surface area contributed by atoms with Crippen LogP contribution in [0.2, 0.25) is 0 Å². The molecular weight excluding hydrogens is 260 g/mol. The number of hydrogen-bond donors (Lipinski definition) is 2. The quantitative estimate of drug-likeness (QED) is 0.902. The van der Waals surface area contributed by atoms with Crippen LogP contribution in [-0.4, -0.2) is 11.7 Å². The lowest BCUT2D eigenvalue weighted by Crippen LogP contribution is -2.18. The summed E-state index contributed by atoms with van der Waals surface area (Å²) in [5, 5.41) is 6.16. The van der Waals surface area contributed by atoms with Crippen LogP contribution in [0.15, 0.2) is 39.6 Å². The summed E-state index contributed by atoms with van der Waals surface area (Å²) in [6.07, 6.45) is 0. The van der Waals surface area contributed by atoms with Gasteiger partial charge in [-0.2, -0.15) is 0 Å². The minimum absolute atomic E-state index is 0.0521. The fourth-order valence-electron chi connectivity index (χ4n) is 1.96. The number of furan rings is 1. The van der Waals surface area contributed by atoms with Gasteiger partial charge in [0.15, 0.2) is 0 Å². The number of thioether (sulfide) groups is 1. The highest BCUT2D eigenvalue weighted by Crippen LogP contribution is 2.33. The molecule has 0 bridgehead atoms. The number of carbonyl (C=O) groups is 1. The topological polar surface area (TPSA) is 54.3 Å². The van der Waals surface area contributed by atoms with Crippen molar-refractivity contribution in [3.63, 3.8) is 0 Å². The van der Waals surface area contributed by atoms with Crippen molar-refractivity contribution in [3.05, 3.63) is 41.9 Å². The summed E-state index contributed by atoms with van der Waals surface area (Å²) >= 11 is 1.56. The van der Waals surface area contributed by atoms with E-state index < -0.39 is 0 Å². The Hall–Kier alpha value is -1.88. The van der Waals surface area contributed by atoms with Gasteiger partial charge in [0.1, 0.15) is 11.5 Å². The molecule has 0 spiro atoms. The molecule has 5 heteroatoms. The first kappa shape index (κ1) is 12.2. The molecule has 1 aliphatic rings. The number of aryl methyl sites for hydroxylation is 1. The van der Waals surface area contributed by atoms with E-state index >= 15 is 0 Å². The fourth-order valence-corrected chi connectivity index (χ4v) is 2.75.